The molecular formula is C11H12S. The van der Waals surface area contributed by atoms with Crippen LogP contribution in [0.25, 0.3) is 5.57 Å². The highest BCUT2D eigenvalue weighted by Gasteiger charge is 2.16. The first-order chi connectivity index (χ1) is 5.79. The lowest BCUT2D eigenvalue weighted by molar-refractivity contribution is 0.906. The van der Waals surface area contributed by atoms with Crippen molar-refractivity contribution in [3.63, 3.8) is 0 Å². The molecule has 62 valence electrons. The molecule has 1 aliphatic carbocycles. The van der Waals surface area contributed by atoms with Crippen molar-refractivity contribution in [2.45, 2.75) is 13.8 Å². The van der Waals surface area contributed by atoms with Gasteiger partial charge in [0.1, 0.15) is 0 Å². The van der Waals surface area contributed by atoms with Gasteiger partial charge in [0.2, 0.25) is 0 Å². The van der Waals surface area contributed by atoms with Crippen molar-refractivity contribution in [3.05, 3.63) is 40.1 Å². The molecule has 1 aliphatic rings. The molecule has 1 atom stereocenters. The van der Waals surface area contributed by atoms with Crippen LogP contribution in [0.2, 0.25) is 0 Å². The Kier molecular flexibility index (Phi) is 1.89. The predicted molar refractivity (Wildman–Crippen MR) is 55.2 cm³/mol. The van der Waals surface area contributed by atoms with Crippen molar-refractivity contribution in [2.24, 2.45) is 5.92 Å². The number of rotatable bonds is 1. The maximum atomic E-state index is 2.27. The Morgan fingerprint density at radius 3 is 2.67 bits per heavy atom. The van der Waals surface area contributed by atoms with Crippen molar-refractivity contribution >= 4 is 16.9 Å². The molecule has 0 N–H and O–H groups in total. The Morgan fingerprint density at radius 2 is 2.17 bits per heavy atom. The topological polar surface area (TPSA) is 0 Å². The molecule has 1 aromatic heterocycles. The average molecular weight is 176 g/mol. The van der Waals surface area contributed by atoms with Crippen molar-refractivity contribution in [2.75, 3.05) is 0 Å². The van der Waals surface area contributed by atoms with E-state index < -0.39 is 0 Å². The Morgan fingerprint density at radius 1 is 1.33 bits per heavy atom. The second kappa shape index (κ2) is 2.91. The number of allylic oxidation sites excluding steroid dienone is 4. The van der Waals surface area contributed by atoms with Crippen LogP contribution in [0.5, 0.6) is 0 Å². The van der Waals surface area contributed by atoms with Gasteiger partial charge in [0, 0.05) is 10.8 Å². The van der Waals surface area contributed by atoms with Crippen molar-refractivity contribution < 1.29 is 0 Å². The molecule has 0 fully saturated rings. The van der Waals surface area contributed by atoms with Gasteiger partial charge in [-0.05, 0) is 23.9 Å². The zero-order valence-electron chi connectivity index (χ0n) is 7.37. The minimum atomic E-state index is 0.614. The van der Waals surface area contributed by atoms with E-state index in [0.29, 0.717) is 5.92 Å². The van der Waals surface area contributed by atoms with E-state index in [1.807, 2.05) is 11.3 Å². The minimum Gasteiger partial charge on any atom is -0.144 e. The monoisotopic (exact) mass is 176 g/mol. The van der Waals surface area contributed by atoms with Gasteiger partial charge < -0.3 is 0 Å². The summed E-state index contributed by atoms with van der Waals surface area (Å²) in [6.45, 7) is 4.46. The van der Waals surface area contributed by atoms with Crippen LogP contribution in [0.1, 0.15) is 18.7 Å². The molecular weight excluding hydrogens is 164 g/mol. The molecule has 0 aromatic carbocycles. The lowest BCUT2D eigenvalue weighted by Gasteiger charge is -2.08. The highest BCUT2D eigenvalue weighted by molar-refractivity contribution is 7.11. The van der Waals surface area contributed by atoms with E-state index in [0.717, 1.165) is 0 Å². The fourth-order valence-electron chi connectivity index (χ4n) is 1.49. The summed E-state index contributed by atoms with van der Waals surface area (Å²) in [4.78, 5) is 1.41. The SMILES string of the molecule is CC1=CC=C(c2cccs2)[C@H]1C. The lowest BCUT2D eigenvalue weighted by atomic mass is 9.98. The first-order valence-electron chi connectivity index (χ1n) is 4.21. The van der Waals surface area contributed by atoms with Crippen LogP contribution in [0, 0.1) is 5.92 Å². The average Bonchev–Trinajstić information content (AvgIpc) is 2.64. The van der Waals surface area contributed by atoms with Crippen LogP contribution in [-0.2, 0) is 0 Å². The Bertz CT molecular complexity index is 328. The summed E-state index contributed by atoms with van der Waals surface area (Å²) in [6, 6.07) is 4.31. The number of thiophene rings is 1. The van der Waals surface area contributed by atoms with Gasteiger partial charge in [-0.2, -0.15) is 0 Å². The first-order valence-corrected chi connectivity index (χ1v) is 5.09. The summed E-state index contributed by atoms with van der Waals surface area (Å²) in [6.07, 6.45) is 4.46. The summed E-state index contributed by atoms with van der Waals surface area (Å²) >= 11 is 1.82. The Balaban J connectivity index is 2.31. The smallest absolute Gasteiger partial charge is 0.0308 e. The van der Waals surface area contributed by atoms with Gasteiger partial charge in [0.25, 0.3) is 0 Å². The summed E-state index contributed by atoms with van der Waals surface area (Å²) in [7, 11) is 0. The summed E-state index contributed by atoms with van der Waals surface area (Å²) in [5.74, 6) is 0.614. The van der Waals surface area contributed by atoms with Crippen LogP contribution < -0.4 is 0 Å². The fourth-order valence-corrected chi connectivity index (χ4v) is 2.34. The molecule has 0 aliphatic heterocycles. The van der Waals surface area contributed by atoms with Crippen LogP contribution in [-0.4, -0.2) is 0 Å². The zero-order valence-corrected chi connectivity index (χ0v) is 8.19. The van der Waals surface area contributed by atoms with Crippen LogP contribution in [0.3, 0.4) is 0 Å². The standard InChI is InChI=1S/C11H12S/c1-8-5-6-10(9(8)2)11-4-3-7-12-11/h3-7,9H,1-2H3/t9-/m0/s1. The molecule has 0 spiro atoms. The van der Waals surface area contributed by atoms with Gasteiger partial charge in [-0.1, -0.05) is 30.7 Å². The maximum Gasteiger partial charge on any atom is 0.0308 e. The van der Waals surface area contributed by atoms with E-state index in [9.17, 15) is 0 Å². The molecule has 0 unspecified atom stereocenters. The predicted octanol–water partition coefficient (Wildman–Crippen LogP) is 3.73. The van der Waals surface area contributed by atoms with Gasteiger partial charge in [-0.25, -0.2) is 0 Å². The van der Waals surface area contributed by atoms with E-state index in [1.54, 1.807) is 0 Å². The highest BCUT2D eigenvalue weighted by atomic mass is 32.1. The summed E-state index contributed by atoms with van der Waals surface area (Å²) < 4.78 is 0. The molecule has 2 rings (SSSR count). The molecule has 1 aromatic rings. The van der Waals surface area contributed by atoms with E-state index in [-0.39, 0.29) is 0 Å². The molecule has 0 radical (unpaired) electrons. The molecule has 0 amide bonds. The third-order valence-electron chi connectivity index (χ3n) is 2.48. The van der Waals surface area contributed by atoms with Gasteiger partial charge in [-0.3, -0.25) is 0 Å². The molecule has 1 heteroatoms. The fraction of sp³-hybridized carbons (Fsp3) is 0.273. The van der Waals surface area contributed by atoms with Crippen molar-refractivity contribution in [3.8, 4) is 0 Å². The van der Waals surface area contributed by atoms with Crippen LogP contribution in [0.15, 0.2) is 35.2 Å². The molecule has 0 saturated carbocycles. The minimum absolute atomic E-state index is 0.614. The van der Waals surface area contributed by atoms with Gasteiger partial charge in [0.05, 0.1) is 0 Å². The van der Waals surface area contributed by atoms with Crippen LogP contribution in [0.4, 0.5) is 0 Å². The molecule has 12 heavy (non-hydrogen) atoms. The first kappa shape index (κ1) is 7.81. The molecule has 0 nitrogen and oxygen atoms in total. The molecule has 0 bridgehead atoms. The van der Waals surface area contributed by atoms with E-state index in [2.05, 4.69) is 43.5 Å². The largest absolute Gasteiger partial charge is 0.144 e. The van der Waals surface area contributed by atoms with Crippen molar-refractivity contribution in [1.82, 2.24) is 0 Å². The number of hydrogen-bond donors (Lipinski definition) is 0. The normalized spacial score (nSPS) is 22.3. The molecule has 0 saturated heterocycles. The maximum absolute atomic E-state index is 2.27. The second-order valence-electron chi connectivity index (χ2n) is 3.23. The lowest BCUT2D eigenvalue weighted by Crippen LogP contribution is -1.93. The highest BCUT2D eigenvalue weighted by Crippen LogP contribution is 2.35. The van der Waals surface area contributed by atoms with E-state index >= 15 is 0 Å². The third-order valence-corrected chi connectivity index (χ3v) is 3.40. The Hall–Kier alpha value is -0.820. The Labute approximate surface area is 77.2 Å². The summed E-state index contributed by atoms with van der Waals surface area (Å²) in [5.41, 5.74) is 2.95. The number of hydrogen-bond acceptors (Lipinski definition) is 1. The quantitative estimate of drug-likeness (QED) is 0.611. The third kappa shape index (κ3) is 1.14. The van der Waals surface area contributed by atoms with Crippen LogP contribution >= 0.6 is 11.3 Å². The second-order valence-corrected chi connectivity index (χ2v) is 4.18. The van der Waals surface area contributed by atoms with Gasteiger partial charge in [-0.15, -0.1) is 11.3 Å². The van der Waals surface area contributed by atoms with Gasteiger partial charge in [0.15, 0.2) is 0 Å². The van der Waals surface area contributed by atoms with Crippen molar-refractivity contribution in [1.29, 1.82) is 0 Å². The van der Waals surface area contributed by atoms with Gasteiger partial charge >= 0.3 is 0 Å². The zero-order chi connectivity index (χ0) is 8.55. The van der Waals surface area contributed by atoms with E-state index in [4.69, 9.17) is 0 Å². The molecule has 1 heterocycles. The summed E-state index contributed by atoms with van der Waals surface area (Å²) in [5, 5.41) is 2.14. The van der Waals surface area contributed by atoms with E-state index in [1.165, 1.54) is 16.0 Å².